The van der Waals surface area contributed by atoms with E-state index in [1.165, 1.54) is 0 Å². The largest absolute Gasteiger partial charge is 0.0776 e. The summed E-state index contributed by atoms with van der Waals surface area (Å²) in [5, 5.41) is 0. The maximum Gasteiger partial charge on any atom is -0.0298 e. The van der Waals surface area contributed by atoms with Gasteiger partial charge in [-0.05, 0) is 29.1 Å². The lowest BCUT2D eigenvalue weighted by Gasteiger charge is -2.30. The van der Waals surface area contributed by atoms with Crippen molar-refractivity contribution in [3.63, 3.8) is 0 Å². The van der Waals surface area contributed by atoms with Crippen LogP contribution in [0.1, 0.15) is 71.2 Å². The molecule has 0 radical (unpaired) electrons. The van der Waals surface area contributed by atoms with Crippen LogP contribution in [0.4, 0.5) is 0 Å². The molecule has 0 aromatic carbocycles. The van der Waals surface area contributed by atoms with Crippen molar-refractivity contribution in [2.45, 2.75) is 71.2 Å². The molecule has 1 fully saturated rings. The summed E-state index contributed by atoms with van der Waals surface area (Å²) in [5.74, 6) is 3.57. The topological polar surface area (TPSA) is 0 Å². The second-order valence-electron chi connectivity index (χ2n) is 5.12. The van der Waals surface area contributed by atoms with Gasteiger partial charge in [0.25, 0.3) is 0 Å². The molecule has 4 unspecified atom stereocenters. The third-order valence-electron chi connectivity index (χ3n) is 4.75. The fourth-order valence-corrected chi connectivity index (χ4v) is 2.68. The van der Waals surface area contributed by atoms with Crippen molar-refractivity contribution in [1.82, 2.24) is 0 Å². The molecule has 0 saturated heterocycles. The van der Waals surface area contributed by atoms with Gasteiger partial charge in [-0.1, -0.05) is 71.2 Å². The van der Waals surface area contributed by atoms with Crippen molar-refractivity contribution in [3.8, 4) is 0 Å². The fourth-order valence-electron chi connectivity index (χ4n) is 2.68. The highest BCUT2D eigenvalue weighted by Gasteiger charge is 2.46. The molecule has 98 valence electrons. The molecule has 1 rings (SSSR count). The zero-order valence-corrected chi connectivity index (χ0v) is 8.81. The third kappa shape index (κ3) is 3.50. The highest BCUT2D eigenvalue weighted by atomic mass is 14.5. The molecule has 0 bridgehead atoms. The Kier molecular flexibility index (Phi) is 11.8. The molecule has 1 saturated carbocycles. The Balaban J connectivity index is -0.000000151. The number of hydrogen-bond acceptors (Lipinski definition) is 0. The zero-order valence-electron chi connectivity index (χ0n) is 8.81. The van der Waals surface area contributed by atoms with Gasteiger partial charge >= 0.3 is 0 Å². The van der Waals surface area contributed by atoms with Crippen LogP contribution in [0, 0.1) is 29.1 Å². The molecule has 0 amide bonds. The summed E-state index contributed by atoms with van der Waals surface area (Å²) < 4.78 is 0. The van der Waals surface area contributed by atoms with Crippen LogP contribution in [0.3, 0.4) is 0 Å². The van der Waals surface area contributed by atoms with Crippen LogP contribution in [0.25, 0.3) is 0 Å². The minimum Gasteiger partial charge on any atom is -0.0776 e. The first-order valence-corrected chi connectivity index (χ1v) is 4.89. The minimum absolute atomic E-state index is 0. The van der Waals surface area contributed by atoms with E-state index in [0.717, 1.165) is 23.7 Å². The maximum absolute atomic E-state index is 2.42. The molecule has 0 aromatic rings. The summed E-state index contributed by atoms with van der Waals surface area (Å²) in [4.78, 5) is 0. The molecule has 0 spiro atoms. The number of hydrogen-bond donors (Lipinski definition) is 0. The van der Waals surface area contributed by atoms with Crippen LogP contribution in [0.5, 0.6) is 0 Å². The molecule has 0 nitrogen and oxygen atoms in total. The SMILES string of the molecule is C.C.C.C.CC1C(C)C(C)C(C)(C)C1C. The van der Waals surface area contributed by atoms with E-state index in [1.54, 1.807) is 0 Å². The Morgan fingerprint density at radius 3 is 0.867 bits per heavy atom. The predicted molar refractivity (Wildman–Crippen MR) is 77.4 cm³/mol. The lowest BCUT2D eigenvalue weighted by atomic mass is 9.76. The summed E-state index contributed by atoms with van der Waals surface area (Å²) in [6.07, 6.45) is 0. The van der Waals surface area contributed by atoms with E-state index in [4.69, 9.17) is 0 Å². The Bertz CT molecular complexity index is 130. The van der Waals surface area contributed by atoms with Crippen LogP contribution < -0.4 is 0 Å². The van der Waals surface area contributed by atoms with Crippen LogP contribution in [-0.4, -0.2) is 0 Å². The summed E-state index contributed by atoms with van der Waals surface area (Å²) >= 11 is 0. The third-order valence-corrected chi connectivity index (χ3v) is 4.75. The highest BCUT2D eigenvalue weighted by Crippen LogP contribution is 2.53. The van der Waals surface area contributed by atoms with Gasteiger partial charge in [-0.3, -0.25) is 0 Å². The van der Waals surface area contributed by atoms with E-state index in [1.807, 2.05) is 0 Å². The van der Waals surface area contributed by atoms with Gasteiger partial charge in [0.15, 0.2) is 0 Å². The van der Waals surface area contributed by atoms with Gasteiger partial charge in [-0.25, -0.2) is 0 Å². The summed E-state index contributed by atoms with van der Waals surface area (Å²) in [7, 11) is 0. The van der Waals surface area contributed by atoms with Gasteiger partial charge < -0.3 is 0 Å². The van der Waals surface area contributed by atoms with Crippen molar-refractivity contribution in [3.05, 3.63) is 0 Å². The maximum atomic E-state index is 2.42. The van der Waals surface area contributed by atoms with Crippen molar-refractivity contribution in [1.29, 1.82) is 0 Å². The van der Waals surface area contributed by atoms with Gasteiger partial charge in [-0.15, -0.1) is 0 Å². The first-order chi connectivity index (χ1) is 4.89. The van der Waals surface area contributed by atoms with Crippen molar-refractivity contribution in [2.75, 3.05) is 0 Å². The van der Waals surface area contributed by atoms with E-state index in [9.17, 15) is 0 Å². The average Bonchev–Trinajstić information content (AvgIpc) is 2.06. The van der Waals surface area contributed by atoms with E-state index >= 15 is 0 Å². The van der Waals surface area contributed by atoms with Gasteiger partial charge in [0.1, 0.15) is 0 Å². The summed E-state index contributed by atoms with van der Waals surface area (Å²) in [6.45, 7) is 14.5. The molecule has 1 aliphatic carbocycles. The van der Waals surface area contributed by atoms with E-state index in [-0.39, 0.29) is 29.7 Å². The Hall–Kier alpha value is 0. The second-order valence-corrected chi connectivity index (χ2v) is 5.12. The molecule has 0 heterocycles. The average molecular weight is 218 g/mol. The van der Waals surface area contributed by atoms with Crippen LogP contribution in [0.15, 0.2) is 0 Å². The molecular formula is C15H38. The number of rotatable bonds is 0. The standard InChI is InChI=1S/C11H22.4CH4/c1-7-8(2)10(4)11(5,6)9(7)3;;;;/h7-10H,1-6H3;4*1H4. The molecular weight excluding hydrogens is 180 g/mol. The second kappa shape index (κ2) is 7.30. The molecule has 4 atom stereocenters. The van der Waals surface area contributed by atoms with E-state index in [2.05, 4.69) is 41.5 Å². The van der Waals surface area contributed by atoms with Crippen molar-refractivity contribution >= 4 is 0 Å². The summed E-state index contributed by atoms with van der Waals surface area (Å²) in [6, 6.07) is 0. The normalized spacial score (nSPS) is 36.4. The van der Waals surface area contributed by atoms with Gasteiger partial charge in [0, 0.05) is 0 Å². The lowest BCUT2D eigenvalue weighted by Crippen LogP contribution is -2.22. The molecule has 0 heteroatoms. The first kappa shape index (κ1) is 24.3. The lowest BCUT2D eigenvalue weighted by molar-refractivity contribution is 0.193. The monoisotopic (exact) mass is 218 g/mol. The molecule has 1 aliphatic rings. The van der Waals surface area contributed by atoms with E-state index < -0.39 is 0 Å². The smallest absolute Gasteiger partial charge is 0.0298 e. The quantitative estimate of drug-likeness (QED) is 0.460. The van der Waals surface area contributed by atoms with Crippen LogP contribution in [0.2, 0.25) is 0 Å². The van der Waals surface area contributed by atoms with Crippen molar-refractivity contribution < 1.29 is 0 Å². The predicted octanol–water partition coefficient (Wildman–Crippen LogP) is 6.12. The highest BCUT2D eigenvalue weighted by molar-refractivity contribution is 4.95. The van der Waals surface area contributed by atoms with Crippen LogP contribution in [-0.2, 0) is 0 Å². The van der Waals surface area contributed by atoms with Gasteiger partial charge in [-0.2, -0.15) is 0 Å². The first-order valence-electron chi connectivity index (χ1n) is 4.89. The Morgan fingerprint density at radius 1 is 0.600 bits per heavy atom. The Labute approximate surface area is 101 Å². The molecule has 0 aromatic heterocycles. The van der Waals surface area contributed by atoms with Crippen molar-refractivity contribution in [2.24, 2.45) is 29.1 Å². The fraction of sp³-hybridized carbons (Fsp3) is 1.00. The zero-order chi connectivity index (χ0) is 8.81. The van der Waals surface area contributed by atoms with E-state index in [0.29, 0.717) is 5.41 Å². The minimum atomic E-state index is 0. The van der Waals surface area contributed by atoms with Crippen LogP contribution >= 0.6 is 0 Å². The molecule has 0 aliphatic heterocycles. The molecule has 15 heavy (non-hydrogen) atoms. The van der Waals surface area contributed by atoms with Gasteiger partial charge in [0.2, 0.25) is 0 Å². The summed E-state index contributed by atoms with van der Waals surface area (Å²) in [5.41, 5.74) is 0.554. The Morgan fingerprint density at radius 2 is 0.800 bits per heavy atom. The molecule has 0 N–H and O–H groups in total. The van der Waals surface area contributed by atoms with Gasteiger partial charge in [0.05, 0.1) is 0 Å².